The molecular formula is C18H13BFN5. The summed E-state index contributed by atoms with van der Waals surface area (Å²) in [5, 5.41) is 7.55. The molecule has 0 spiro atoms. The van der Waals surface area contributed by atoms with Crippen molar-refractivity contribution in [3.05, 3.63) is 72.4 Å². The fraction of sp³-hybridized carbons (Fsp3) is 0.0556. The number of pyridine rings is 1. The van der Waals surface area contributed by atoms with Crippen molar-refractivity contribution in [2.75, 3.05) is 5.32 Å². The van der Waals surface area contributed by atoms with E-state index in [1.165, 1.54) is 12.3 Å². The van der Waals surface area contributed by atoms with Crippen molar-refractivity contribution >= 4 is 24.8 Å². The third-order valence-corrected chi connectivity index (χ3v) is 3.87. The molecule has 0 amide bonds. The van der Waals surface area contributed by atoms with Gasteiger partial charge in [-0.25, -0.2) is 9.37 Å². The molecule has 25 heavy (non-hydrogen) atoms. The smallest absolute Gasteiger partial charge is 0.150 e. The van der Waals surface area contributed by atoms with Crippen LogP contribution >= 0.6 is 0 Å². The topological polar surface area (TPSA) is 55.1 Å². The van der Waals surface area contributed by atoms with Crippen molar-refractivity contribution in [1.82, 2.24) is 19.6 Å². The van der Waals surface area contributed by atoms with Crippen LogP contribution < -0.4 is 10.8 Å². The molecule has 0 unspecified atom stereocenters. The van der Waals surface area contributed by atoms with E-state index in [-0.39, 0.29) is 5.82 Å². The molecule has 5 nitrogen and oxygen atoms in total. The number of hydrogen-bond acceptors (Lipinski definition) is 4. The summed E-state index contributed by atoms with van der Waals surface area (Å²) in [4.78, 5) is 8.47. The fourth-order valence-corrected chi connectivity index (χ4v) is 2.61. The largest absolute Gasteiger partial charge is 0.366 e. The highest BCUT2D eigenvalue weighted by Crippen LogP contribution is 2.24. The lowest BCUT2D eigenvalue weighted by atomic mass is 10.0. The molecule has 0 bridgehead atoms. The Balaban J connectivity index is 1.78. The number of anilines is 1. The summed E-state index contributed by atoms with van der Waals surface area (Å²) in [6.45, 7) is 0.568. The van der Waals surface area contributed by atoms with Gasteiger partial charge in [0.25, 0.3) is 0 Å². The van der Waals surface area contributed by atoms with Gasteiger partial charge in [0, 0.05) is 36.8 Å². The third kappa shape index (κ3) is 2.96. The van der Waals surface area contributed by atoms with E-state index in [0.717, 1.165) is 5.56 Å². The molecule has 3 aromatic heterocycles. The summed E-state index contributed by atoms with van der Waals surface area (Å²) < 4.78 is 15.8. The van der Waals surface area contributed by atoms with Gasteiger partial charge in [0.1, 0.15) is 19.5 Å². The van der Waals surface area contributed by atoms with E-state index in [1.807, 2.05) is 12.1 Å². The molecule has 0 aliphatic heterocycles. The lowest BCUT2D eigenvalue weighted by Crippen LogP contribution is -2.09. The summed E-state index contributed by atoms with van der Waals surface area (Å²) in [5.41, 5.74) is 2.89. The Morgan fingerprint density at radius 2 is 1.92 bits per heavy atom. The summed E-state index contributed by atoms with van der Waals surface area (Å²) in [6.07, 6.45) is 5.00. The highest BCUT2D eigenvalue weighted by atomic mass is 19.1. The van der Waals surface area contributed by atoms with Crippen LogP contribution in [-0.4, -0.2) is 27.4 Å². The minimum Gasteiger partial charge on any atom is -0.366 e. The average molecular weight is 329 g/mol. The van der Waals surface area contributed by atoms with Crippen LogP contribution in [-0.2, 0) is 6.54 Å². The summed E-state index contributed by atoms with van der Waals surface area (Å²) in [7, 11) is 5.96. The van der Waals surface area contributed by atoms with Crippen LogP contribution in [0.25, 0.3) is 16.9 Å². The molecule has 0 saturated carbocycles. The van der Waals surface area contributed by atoms with E-state index in [1.54, 1.807) is 41.2 Å². The SMILES string of the molecule is [B]c1cnn2c(NCc3ccncc3)cc(-c3ccccc3F)nc12. The van der Waals surface area contributed by atoms with Crippen LogP contribution in [0.5, 0.6) is 0 Å². The highest BCUT2D eigenvalue weighted by molar-refractivity contribution is 6.36. The molecule has 0 atom stereocenters. The summed E-state index contributed by atoms with van der Waals surface area (Å²) in [6, 6.07) is 12.1. The van der Waals surface area contributed by atoms with E-state index in [0.29, 0.717) is 34.7 Å². The van der Waals surface area contributed by atoms with Gasteiger partial charge in [0.05, 0.1) is 5.69 Å². The fourth-order valence-electron chi connectivity index (χ4n) is 2.61. The van der Waals surface area contributed by atoms with Crippen molar-refractivity contribution in [2.45, 2.75) is 6.54 Å². The summed E-state index contributed by atoms with van der Waals surface area (Å²) >= 11 is 0. The first-order valence-corrected chi connectivity index (χ1v) is 7.74. The van der Waals surface area contributed by atoms with Crippen molar-refractivity contribution < 1.29 is 4.39 Å². The first kappa shape index (κ1) is 15.3. The second-order valence-corrected chi connectivity index (χ2v) is 5.55. The van der Waals surface area contributed by atoms with Crippen molar-refractivity contribution in [3.63, 3.8) is 0 Å². The van der Waals surface area contributed by atoms with E-state index in [2.05, 4.69) is 20.4 Å². The maximum Gasteiger partial charge on any atom is 0.150 e. The number of rotatable bonds is 4. The van der Waals surface area contributed by atoms with Gasteiger partial charge in [-0.3, -0.25) is 4.98 Å². The molecule has 1 aromatic carbocycles. The third-order valence-electron chi connectivity index (χ3n) is 3.87. The normalized spacial score (nSPS) is 10.9. The Hall–Kier alpha value is -3.22. The standard InChI is InChI=1S/C18H13BFN5/c19-14-11-23-25-17(22-10-12-5-7-21-8-6-12)9-16(24-18(14)25)13-3-1-2-4-15(13)20/h1-9,11,22H,10H2. The number of aromatic nitrogens is 4. The molecular weight excluding hydrogens is 316 g/mol. The van der Waals surface area contributed by atoms with Gasteiger partial charge in [-0.15, -0.1) is 0 Å². The predicted octanol–water partition coefficient (Wildman–Crippen LogP) is 2.34. The second kappa shape index (κ2) is 6.35. The van der Waals surface area contributed by atoms with Crippen LogP contribution in [0.2, 0.25) is 0 Å². The Labute approximate surface area is 145 Å². The zero-order valence-corrected chi connectivity index (χ0v) is 13.2. The monoisotopic (exact) mass is 329 g/mol. The van der Waals surface area contributed by atoms with E-state index >= 15 is 0 Å². The quantitative estimate of drug-likeness (QED) is 0.584. The molecule has 120 valence electrons. The van der Waals surface area contributed by atoms with Gasteiger partial charge in [0.15, 0.2) is 5.65 Å². The minimum absolute atomic E-state index is 0.336. The number of nitrogens with zero attached hydrogens (tertiary/aromatic N) is 4. The zero-order valence-electron chi connectivity index (χ0n) is 13.2. The molecule has 3 heterocycles. The molecule has 1 N–H and O–H groups in total. The number of hydrogen-bond donors (Lipinski definition) is 1. The van der Waals surface area contributed by atoms with Crippen molar-refractivity contribution in [1.29, 1.82) is 0 Å². The number of benzene rings is 1. The maximum atomic E-state index is 14.2. The lowest BCUT2D eigenvalue weighted by molar-refractivity contribution is 0.630. The van der Waals surface area contributed by atoms with Crippen molar-refractivity contribution in [2.24, 2.45) is 0 Å². The summed E-state index contributed by atoms with van der Waals surface area (Å²) in [5.74, 6) is 0.342. The Morgan fingerprint density at radius 3 is 2.72 bits per heavy atom. The number of halogens is 1. The molecule has 0 saturated heterocycles. The number of fused-ring (bicyclic) bond motifs is 1. The average Bonchev–Trinajstić information content (AvgIpc) is 3.02. The Kier molecular flexibility index (Phi) is 3.89. The van der Waals surface area contributed by atoms with Gasteiger partial charge >= 0.3 is 0 Å². The van der Waals surface area contributed by atoms with E-state index < -0.39 is 0 Å². The first-order valence-electron chi connectivity index (χ1n) is 7.74. The first-order chi connectivity index (χ1) is 12.2. The Morgan fingerprint density at radius 1 is 1.12 bits per heavy atom. The predicted molar refractivity (Wildman–Crippen MR) is 95.3 cm³/mol. The molecule has 4 rings (SSSR count). The second-order valence-electron chi connectivity index (χ2n) is 5.55. The van der Waals surface area contributed by atoms with Crippen LogP contribution in [0, 0.1) is 5.82 Å². The van der Waals surface area contributed by atoms with Crippen molar-refractivity contribution in [3.8, 4) is 11.3 Å². The van der Waals surface area contributed by atoms with E-state index in [9.17, 15) is 4.39 Å². The van der Waals surface area contributed by atoms with Crippen LogP contribution in [0.4, 0.5) is 10.2 Å². The zero-order chi connectivity index (χ0) is 17.2. The van der Waals surface area contributed by atoms with Gasteiger partial charge < -0.3 is 5.32 Å². The van der Waals surface area contributed by atoms with Gasteiger partial charge in [0.2, 0.25) is 0 Å². The highest BCUT2D eigenvalue weighted by Gasteiger charge is 2.12. The van der Waals surface area contributed by atoms with Gasteiger partial charge in [-0.1, -0.05) is 12.1 Å². The van der Waals surface area contributed by atoms with Gasteiger partial charge in [-0.2, -0.15) is 9.61 Å². The maximum absolute atomic E-state index is 14.2. The van der Waals surface area contributed by atoms with Crippen LogP contribution in [0.1, 0.15) is 5.56 Å². The molecule has 0 fully saturated rings. The van der Waals surface area contributed by atoms with E-state index in [4.69, 9.17) is 7.85 Å². The van der Waals surface area contributed by atoms with Crippen LogP contribution in [0.3, 0.4) is 0 Å². The molecule has 4 aromatic rings. The molecule has 2 radical (unpaired) electrons. The molecule has 0 aliphatic carbocycles. The molecule has 7 heteroatoms. The molecule has 0 aliphatic rings. The van der Waals surface area contributed by atoms with Crippen LogP contribution in [0.15, 0.2) is 61.1 Å². The Bertz CT molecular complexity index is 1030. The lowest BCUT2D eigenvalue weighted by Gasteiger charge is -2.11. The number of nitrogens with one attached hydrogen (secondary N) is 1. The van der Waals surface area contributed by atoms with Gasteiger partial charge in [-0.05, 0) is 35.3 Å². The minimum atomic E-state index is -0.336.